The van der Waals surface area contributed by atoms with Gasteiger partial charge in [-0.15, -0.1) is 0 Å². The average Bonchev–Trinajstić information content (AvgIpc) is 2.99. The predicted octanol–water partition coefficient (Wildman–Crippen LogP) is 2.97. The molecule has 0 amide bonds. The van der Waals surface area contributed by atoms with Crippen LogP contribution in [0.3, 0.4) is 0 Å². The summed E-state index contributed by atoms with van der Waals surface area (Å²) < 4.78 is 5.87. The van der Waals surface area contributed by atoms with Crippen molar-refractivity contribution in [1.82, 2.24) is 5.32 Å². The molecule has 3 fully saturated rings. The summed E-state index contributed by atoms with van der Waals surface area (Å²) in [6, 6.07) is 1.44. The molecule has 2 heteroatoms. The number of hydrogen-bond donors (Lipinski definition) is 1. The van der Waals surface area contributed by atoms with E-state index in [1.165, 1.54) is 32.1 Å². The van der Waals surface area contributed by atoms with Crippen LogP contribution in [0.25, 0.3) is 0 Å². The summed E-state index contributed by atoms with van der Waals surface area (Å²) in [7, 11) is 0. The first-order chi connectivity index (χ1) is 8.13. The quantitative estimate of drug-likeness (QED) is 0.794. The van der Waals surface area contributed by atoms with E-state index < -0.39 is 0 Å². The van der Waals surface area contributed by atoms with Crippen LogP contribution in [-0.4, -0.2) is 24.8 Å². The van der Waals surface area contributed by atoms with Gasteiger partial charge in [-0.25, -0.2) is 0 Å². The molecule has 98 valence electrons. The highest BCUT2D eigenvalue weighted by molar-refractivity contribution is 5.11. The maximum absolute atomic E-state index is 5.87. The predicted molar refractivity (Wildman–Crippen MR) is 70.0 cm³/mol. The van der Waals surface area contributed by atoms with Crippen LogP contribution in [0.4, 0.5) is 0 Å². The summed E-state index contributed by atoms with van der Waals surface area (Å²) in [6.07, 6.45) is 7.43. The minimum Gasteiger partial charge on any atom is -0.377 e. The number of ether oxygens (including phenoxy) is 1. The van der Waals surface area contributed by atoms with Crippen LogP contribution >= 0.6 is 0 Å². The Hall–Kier alpha value is -0.0800. The molecule has 0 aromatic carbocycles. The molecule has 1 heterocycles. The first kappa shape index (κ1) is 12.0. The molecule has 4 unspecified atom stereocenters. The number of fused-ring (bicyclic) bond motifs is 1. The fraction of sp³-hybridized carbons (Fsp3) is 1.00. The molecule has 3 rings (SSSR count). The van der Waals surface area contributed by atoms with Gasteiger partial charge in [0.1, 0.15) is 0 Å². The molecule has 0 aromatic rings. The highest BCUT2D eigenvalue weighted by Crippen LogP contribution is 2.52. The van der Waals surface area contributed by atoms with E-state index in [1.807, 2.05) is 0 Å². The van der Waals surface area contributed by atoms with Gasteiger partial charge >= 0.3 is 0 Å². The first-order valence-electron chi connectivity index (χ1n) is 7.50. The van der Waals surface area contributed by atoms with Crippen LogP contribution in [-0.2, 0) is 4.74 Å². The largest absolute Gasteiger partial charge is 0.377 e. The highest BCUT2D eigenvalue weighted by Gasteiger charge is 2.59. The molecule has 0 radical (unpaired) electrons. The van der Waals surface area contributed by atoms with E-state index >= 15 is 0 Å². The minimum atomic E-state index is 0.345. The van der Waals surface area contributed by atoms with Gasteiger partial charge in [-0.1, -0.05) is 33.6 Å². The molecule has 3 aliphatic rings. The molecule has 0 aromatic heterocycles. The van der Waals surface area contributed by atoms with Crippen molar-refractivity contribution in [3.05, 3.63) is 0 Å². The molecule has 0 bridgehead atoms. The van der Waals surface area contributed by atoms with E-state index in [0.717, 1.165) is 24.5 Å². The van der Waals surface area contributed by atoms with E-state index in [2.05, 4.69) is 26.1 Å². The summed E-state index contributed by atoms with van der Waals surface area (Å²) in [6.45, 7) is 8.06. The smallest absolute Gasteiger partial charge is 0.0685 e. The lowest BCUT2D eigenvalue weighted by Gasteiger charge is -2.56. The molecule has 1 N–H and O–H groups in total. The standard InChI is InChI=1S/C15H27NO/c1-4-11(9-10-5-6-10)16-13-12-7-8-17-14(12)15(13,2)3/h10-14,16H,4-9H2,1-3H3. The summed E-state index contributed by atoms with van der Waals surface area (Å²) in [5.74, 6) is 1.82. The monoisotopic (exact) mass is 237 g/mol. The van der Waals surface area contributed by atoms with Crippen LogP contribution in [0.2, 0.25) is 0 Å². The van der Waals surface area contributed by atoms with E-state index in [0.29, 0.717) is 17.6 Å². The lowest BCUT2D eigenvalue weighted by Crippen LogP contribution is -2.67. The van der Waals surface area contributed by atoms with Crippen LogP contribution in [0.5, 0.6) is 0 Å². The van der Waals surface area contributed by atoms with Gasteiger partial charge in [-0.3, -0.25) is 0 Å². The summed E-state index contributed by atoms with van der Waals surface area (Å²) in [4.78, 5) is 0. The average molecular weight is 237 g/mol. The van der Waals surface area contributed by atoms with E-state index in [4.69, 9.17) is 4.74 Å². The number of hydrogen-bond acceptors (Lipinski definition) is 2. The zero-order valence-corrected chi connectivity index (χ0v) is 11.5. The fourth-order valence-electron chi connectivity index (χ4n) is 4.03. The Morgan fingerprint density at radius 1 is 1.29 bits per heavy atom. The van der Waals surface area contributed by atoms with Gasteiger partial charge in [-0.2, -0.15) is 0 Å². The third kappa shape index (κ3) is 2.04. The molecule has 4 atom stereocenters. The SMILES string of the molecule is CCC(CC1CC1)NC1C2CCOC2C1(C)C. The topological polar surface area (TPSA) is 21.3 Å². The number of nitrogens with one attached hydrogen (secondary N) is 1. The molecular weight excluding hydrogens is 210 g/mol. The molecule has 2 aliphatic carbocycles. The highest BCUT2D eigenvalue weighted by atomic mass is 16.5. The van der Waals surface area contributed by atoms with Crippen molar-refractivity contribution >= 4 is 0 Å². The Bertz CT molecular complexity index is 285. The van der Waals surface area contributed by atoms with Gasteiger partial charge in [0.15, 0.2) is 0 Å². The van der Waals surface area contributed by atoms with Crippen molar-refractivity contribution in [3.63, 3.8) is 0 Å². The maximum atomic E-state index is 5.87. The van der Waals surface area contributed by atoms with E-state index in [-0.39, 0.29) is 0 Å². The molecule has 2 nitrogen and oxygen atoms in total. The van der Waals surface area contributed by atoms with Gasteiger partial charge in [0.2, 0.25) is 0 Å². The Morgan fingerprint density at radius 2 is 2.06 bits per heavy atom. The zero-order chi connectivity index (χ0) is 12.0. The van der Waals surface area contributed by atoms with Gasteiger partial charge in [0.25, 0.3) is 0 Å². The van der Waals surface area contributed by atoms with Crippen molar-refractivity contribution in [2.45, 2.75) is 71.1 Å². The van der Waals surface area contributed by atoms with Crippen molar-refractivity contribution < 1.29 is 4.74 Å². The van der Waals surface area contributed by atoms with Crippen LogP contribution in [0.1, 0.15) is 52.9 Å². The fourth-order valence-corrected chi connectivity index (χ4v) is 4.03. The summed E-state index contributed by atoms with van der Waals surface area (Å²) in [5.41, 5.74) is 0.345. The molecule has 1 aliphatic heterocycles. The third-order valence-corrected chi connectivity index (χ3v) is 5.32. The first-order valence-corrected chi connectivity index (χ1v) is 7.50. The Morgan fingerprint density at radius 3 is 2.71 bits per heavy atom. The van der Waals surface area contributed by atoms with Crippen molar-refractivity contribution in [1.29, 1.82) is 0 Å². The maximum Gasteiger partial charge on any atom is 0.0685 e. The molecule has 17 heavy (non-hydrogen) atoms. The van der Waals surface area contributed by atoms with Crippen LogP contribution in [0.15, 0.2) is 0 Å². The summed E-state index contributed by atoms with van der Waals surface area (Å²) in [5, 5.41) is 3.96. The Balaban J connectivity index is 1.59. The molecule has 0 spiro atoms. The van der Waals surface area contributed by atoms with Crippen molar-refractivity contribution in [2.75, 3.05) is 6.61 Å². The number of rotatable bonds is 5. The van der Waals surface area contributed by atoms with Crippen LogP contribution < -0.4 is 5.32 Å². The Kier molecular flexibility index (Phi) is 2.99. The third-order valence-electron chi connectivity index (χ3n) is 5.32. The second-order valence-electron chi connectivity index (χ2n) is 6.99. The van der Waals surface area contributed by atoms with Crippen molar-refractivity contribution in [2.24, 2.45) is 17.3 Å². The van der Waals surface area contributed by atoms with Gasteiger partial charge in [-0.05, 0) is 25.2 Å². The van der Waals surface area contributed by atoms with Gasteiger partial charge < -0.3 is 10.1 Å². The van der Waals surface area contributed by atoms with Crippen LogP contribution in [0, 0.1) is 17.3 Å². The summed E-state index contributed by atoms with van der Waals surface area (Å²) >= 11 is 0. The van der Waals surface area contributed by atoms with E-state index in [9.17, 15) is 0 Å². The zero-order valence-electron chi connectivity index (χ0n) is 11.5. The molecule has 2 saturated carbocycles. The second kappa shape index (κ2) is 4.24. The van der Waals surface area contributed by atoms with Gasteiger partial charge in [0.05, 0.1) is 6.10 Å². The minimum absolute atomic E-state index is 0.345. The lowest BCUT2D eigenvalue weighted by molar-refractivity contribution is -0.115. The molecular formula is C15H27NO. The van der Waals surface area contributed by atoms with Gasteiger partial charge in [0, 0.05) is 30.0 Å². The van der Waals surface area contributed by atoms with E-state index in [1.54, 1.807) is 0 Å². The lowest BCUT2D eigenvalue weighted by atomic mass is 9.57. The molecule has 1 saturated heterocycles. The van der Waals surface area contributed by atoms with Crippen molar-refractivity contribution in [3.8, 4) is 0 Å². The Labute approximate surface area is 105 Å². The second-order valence-corrected chi connectivity index (χ2v) is 6.99. The normalized spacial score (nSPS) is 40.8.